The van der Waals surface area contributed by atoms with Crippen LogP contribution < -0.4 is 16.2 Å². The fourth-order valence-corrected chi connectivity index (χ4v) is 8.12. The predicted molar refractivity (Wildman–Crippen MR) is 173 cm³/mol. The molecule has 2 aromatic carbocycles. The maximum atomic E-state index is 12.6. The third-order valence-corrected chi connectivity index (χ3v) is 11.1. The summed E-state index contributed by atoms with van der Waals surface area (Å²) in [6, 6.07) is 13.1. The molecule has 0 spiro atoms. The van der Waals surface area contributed by atoms with Gasteiger partial charge < -0.3 is 51.2 Å². The number of ether oxygens (including phenoxy) is 2. The van der Waals surface area contributed by atoms with Crippen molar-refractivity contribution in [3.8, 4) is 11.5 Å². The van der Waals surface area contributed by atoms with Crippen LogP contribution >= 0.6 is 15.6 Å². The van der Waals surface area contributed by atoms with E-state index >= 15 is 0 Å². The Morgan fingerprint density at radius 3 is 2.33 bits per heavy atom. The summed E-state index contributed by atoms with van der Waals surface area (Å²) in [5, 5.41) is 42.6. The van der Waals surface area contributed by atoms with Gasteiger partial charge in [-0.15, -0.1) is 0 Å². The number of imidazole rings is 1. The first-order chi connectivity index (χ1) is 24.1. The van der Waals surface area contributed by atoms with Crippen LogP contribution in [0.15, 0.2) is 61.2 Å². The number of aromatic nitrogens is 4. The molecule has 274 valence electrons. The molecule has 0 bridgehead atoms. The van der Waals surface area contributed by atoms with Gasteiger partial charge in [0.2, 0.25) is 0 Å². The molecule has 10 N–H and O–H groups in total. The fraction of sp³-hybridized carbons (Fsp3) is 0.379. The van der Waals surface area contributed by atoms with Crippen LogP contribution in [0.1, 0.15) is 34.5 Å². The fourth-order valence-electron chi connectivity index (χ4n) is 5.99. The Labute approximate surface area is 288 Å². The largest absolute Gasteiger partial charge is 0.481 e. The lowest BCUT2D eigenvalue weighted by atomic mass is 9.93. The number of phosphoric acid groups is 2. The Morgan fingerprint density at radius 2 is 1.63 bits per heavy atom. The minimum Gasteiger partial charge on any atom is -0.457 e. The van der Waals surface area contributed by atoms with Crippen molar-refractivity contribution in [2.45, 2.75) is 49.1 Å². The Bertz CT molecular complexity index is 1990. The highest BCUT2D eigenvalue weighted by Crippen LogP contribution is 2.61. The first-order valence-electron chi connectivity index (χ1n) is 15.3. The van der Waals surface area contributed by atoms with Crippen LogP contribution in [0.4, 0.5) is 5.82 Å². The molecule has 2 fully saturated rings. The monoisotopic (exact) mass is 752 g/mol. The number of nitrogens with two attached hydrogens (primary N) is 2. The molecule has 1 saturated heterocycles. The van der Waals surface area contributed by atoms with Crippen molar-refractivity contribution in [1.29, 1.82) is 0 Å². The van der Waals surface area contributed by atoms with Gasteiger partial charge in [0.25, 0.3) is 5.91 Å². The van der Waals surface area contributed by atoms with Crippen molar-refractivity contribution >= 4 is 38.5 Å². The van der Waals surface area contributed by atoms with E-state index in [-0.39, 0.29) is 34.7 Å². The summed E-state index contributed by atoms with van der Waals surface area (Å²) in [5.41, 5.74) is 12.1. The van der Waals surface area contributed by atoms with Crippen molar-refractivity contribution in [1.82, 2.24) is 19.5 Å². The zero-order valence-electron chi connectivity index (χ0n) is 26.3. The number of amides is 1. The van der Waals surface area contributed by atoms with Crippen LogP contribution in [0.5, 0.6) is 11.5 Å². The summed E-state index contributed by atoms with van der Waals surface area (Å²) in [5.74, 6) is -1.87. The molecule has 20 nitrogen and oxygen atoms in total. The molecule has 1 amide bonds. The van der Waals surface area contributed by atoms with Crippen molar-refractivity contribution in [2.75, 3.05) is 18.9 Å². The predicted octanol–water partition coefficient (Wildman–Crippen LogP) is 0.695. The summed E-state index contributed by atoms with van der Waals surface area (Å²) in [6.45, 7) is -1.59. The Balaban J connectivity index is 1.04. The normalized spacial score (nSPS) is 28.7. The smallest absolute Gasteiger partial charge is 0.457 e. The lowest BCUT2D eigenvalue weighted by molar-refractivity contribution is -0.0505. The number of phosphoric ester groups is 2. The Hall–Kier alpha value is -3.88. The number of fused-ring (bicyclic) bond motifs is 1. The number of hydrogen-bond acceptors (Lipinski definition) is 16. The zero-order valence-corrected chi connectivity index (χ0v) is 28.1. The van der Waals surface area contributed by atoms with E-state index in [2.05, 4.69) is 19.3 Å². The number of aliphatic hydroxyl groups is 4. The van der Waals surface area contributed by atoms with Gasteiger partial charge in [0.1, 0.15) is 41.7 Å². The van der Waals surface area contributed by atoms with Gasteiger partial charge in [0.05, 0.1) is 37.3 Å². The highest BCUT2D eigenvalue weighted by atomic mass is 31.3. The van der Waals surface area contributed by atoms with Crippen LogP contribution in [-0.2, 0) is 27.2 Å². The molecule has 1 aliphatic carbocycles. The molecule has 1 saturated carbocycles. The minimum absolute atomic E-state index is 0.00205. The molecule has 2 aromatic heterocycles. The number of benzene rings is 2. The van der Waals surface area contributed by atoms with Gasteiger partial charge in [-0.2, -0.15) is 4.31 Å². The second-order valence-electron chi connectivity index (χ2n) is 11.9. The standard InChI is InChI=1S/C29H34N6O14P2/c30-26-21-28(33-12-32-26)35(13-34-21)29-25(39)24(38)20(48-29)11-46-51(43,44)49-50(41,42)45-10-15-9-17(23(37)22(15)36)14-6-7-19(18(8-14)27(31)40)47-16-4-2-1-3-5-16/h1-8,12-13,15,17,20,22-25,29,36-39H,9-11H2,(H2,31,40)(H,41,42)(H,43,44)(H2,30,32,33)/t15-,17+,20+,22-,23+,24+,25+,29+/m0/s1. The average Bonchev–Trinajstić information content (AvgIpc) is 3.73. The molecule has 6 rings (SSSR count). The number of aliphatic hydroxyl groups excluding tert-OH is 4. The molecular formula is C29H34N6O14P2. The van der Waals surface area contributed by atoms with Crippen LogP contribution in [-0.4, -0.2) is 99.4 Å². The number of rotatable bonds is 13. The number of nitrogens with zero attached hydrogens (tertiary/aromatic N) is 4. The number of anilines is 1. The maximum Gasteiger partial charge on any atom is 0.481 e. The van der Waals surface area contributed by atoms with E-state index in [0.29, 0.717) is 11.3 Å². The van der Waals surface area contributed by atoms with Crippen LogP contribution in [0.3, 0.4) is 0 Å². The van der Waals surface area contributed by atoms with Crippen LogP contribution in [0, 0.1) is 5.92 Å². The summed E-state index contributed by atoms with van der Waals surface area (Å²) >= 11 is 0. The highest BCUT2D eigenvalue weighted by molar-refractivity contribution is 7.61. The minimum atomic E-state index is -5.37. The van der Waals surface area contributed by atoms with Crippen LogP contribution in [0.25, 0.3) is 11.2 Å². The molecule has 1 aliphatic heterocycles. The molecule has 4 aromatic rings. The first-order valence-corrected chi connectivity index (χ1v) is 18.3. The summed E-state index contributed by atoms with van der Waals surface area (Å²) in [7, 11) is -10.7. The lowest BCUT2D eigenvalue weighted by Crippen LogP contribution is -2.33. The second-order valence-corrected chi connectivity index (χ2v) is 14.9. The van der Waals surface area contributed by atoms with Gasteiger partial charge in [-0.05, 0) is 36.2 Å². The molecule has 0 radical (unpaired) electrons. The van der Waals surface area contributed by atoms with Crippen molar-refractivity contribution in [2.24, 2.45) is 11.7 Å². The molecule has 51 heavy (non-hydrogen) atoms. The number of hydrogen-bond donors (Lipinski definition) is 8. The van der Waals surface area contributed by atoms with E-state index in [1.807, 2.05) is 0 Å². The molecule has 10 atom stereocenters. The molecule has 3 heterocycles. The van der Waals surface area contributed by atoms with Gasteiger partial charge in [0.15, 0.2) is 17.7 Å². The summed E-state index contributed by atoms with van der Waals surface area (Å²) in [4.78, 5) is 44.5. The number of para-hydroxylation sites is 1. The SMILES string of the molecule is NC(=O)c1cc([C@H]2C[C@@H](COP(=O)(O)OP(=O)(O)OC[C@H]3O[C@@H](n4cnc5c(N)ncnc54)[C@H](O)[C@@H]3O)[C@H](O)[C@@H]2O)ccc1Oc1ccccc1. The molecule has 22 heteroatoms. The van der Waals surface area contributed by atoms with Gasteiger partial charge in [-0.3, -0.25) is 18.4 Å². The van der Waals surface area contributed by atoms with Crippen molar-refractivity contribution in [3.05, 3.63) is 72.3 Å². The van der Waals surface area contributed by atoms with Gasteiger partial charge >= 0.3 is 15.6 Å². The third kappa shape index (κ3) is 7.97. The lowest BCUT2D eigenvalue weighted by Gasteiger charge is -2.21. The molecule has 2 unspecified atom stereocenters. The number of carbonyl (C=O) groups is 1. The maximum absolute atomic E-state index is 12.6. The summed E-state index contributed by atoms with van der Waals surface area (Å²) < 4.78 is 51.9. The van der Waals surface area contributed by atoms with Crippen molar-refractivity contribution in [3.63, 3.8) is 0 Å². The van der Waals surface area contributed by atoms with Gasteiger partial charge in [0, 0.05) is 11.8 Å². The second kappa shape index (κ2) is 14.6. The third-order valence-electron chi connectivity index (χ3n) is 8.53. The topological polar surface area (TPSA) is 314 Å². The van der Waals surface area contributed by atoms with Gasteiger partial charge in [-0.1, -0.05) is 24.3 Å². The molecular weight excluding hydrogens is 718 g/mol. The van der Waals surface area contributed by atoms with E-state index in [4.69, 9.17) is 30.0 Å². The van der Waals surface area contributed by atoms with E-state index in [9.17, 15) is 44.1 Å². The van der Waals surface area contributed by atoms with E-state index in [1.165, 1.54) is 23.0 Å². The van der Waals surface area contributed by atoms with E-state index in [1.54, 1.807) is 36.4 Å². The van der Waals surface area contributed by atoms with E-state index < -0.39 is 83.3 Å². The number of carbonyl (C=O) groups excluding carboxylic acids is 1. The number of primary amides is 1. The summed E-state index contributed by atoms with van der Waals surface area (Å²) in [6.07, 6.45) is -6.43. The Kier molecular flexibility index (Phi) is 10.6. The number of nitrogen functional groups attached to an aromatic ring is 1. The zero-order chi connectivity index (χ0) is 36.7. The average molecular weight is 753 g/mol. The Morgan fingerprint density at radius 1 is 0.922 bits per heavy atom. The van der Waals surface area contributed by atoms with E-state index in [0.717, 1.165) is 6.33 Å². The highest BCUT2D eigenvalue weighted by Gasteiger charge is 2.47. The van der Waals surface area contributed by atoms with Gasteiger partial charge in [-0.25, -0.2) is 24.1 Å². The van der Waals surface area contributed by atoms with Crippen LogP contribution in [0.2, 0.25) is 0 Å². The molecule has 2 aliphatic rings. The quantitative estimate of drug-likeness (QED) is 0.0871. The van der Waals surface area contributed by atoms with Crippen molar-refractivity contribution < 1.29 is 67.0 Å². The first kappa shape index (κ1) is 36.9.